The van der Waals surface area contributed by atoms with E-state index in [9.17, 15) is 18.0 Å². The molecule has 1 heterocycles. The number of sulfonamides is 1. The minimum atomic E-state index is -3.82. The van der Waals surface area contributed by atoms with E-state index in [2.05, 4.69) is 10.3 Å². The fourth-order valence-corrected chi connectivity index (χ4v) is 3.99. The van der Waals surface area contributed by atoms with Crippen LogP contribution in [0.2, 0.25) is 0 Å². The Bertz CT molecular complexity index is 715. The minimum absolute atomic E-state index is 0.00581. The standard InChI is InChI=1S/C16H23N3O5S/c1-3-24-15(21)16(8-4-5-9-16)18-14(20)12-19(2)25(22,23)13-7-6-10-17-11-13/h6-7,10-11H,3-5,8-9,12H2,1-2H3,(H,18,20). The lowest BCUT2D eigenvalue weighted by Gasteiger charge is -2.28. The van der Waals surface area contributed by atoms with Crippen molar-refractivity contribution >= 4 is 21.9 Å². The molecule has 0 spiro atoms. The van der Waals surface area contributed by atoms with Gasteiger partial charge < -0.3 is 10.1 Å². The maximum absolute atomic E-state index is 12.4. The number of aromatic nitrogens is 1. The highest BCUT2D eigenvalue weighted by molar-refractivity contribution is 7.89. The molecule has 0 bridgehead atoms. The first kappa shape index (κ1) is 19.3. The van der Waals surface area contributed by atoms with E-state index in [1.807, 2.05) is 0 Å². The van der Waals surface area contributed by atoms with Gasteiger partial charge in [-0.1, -0.05) is 12.8 Å². The maximum atomic E-state index is 12.4. The number of esters is 1. The monoisotopic (exact) mass is 369 g/mol. The molecule has 1 aliphatic rings. The number of rotatable bonds is 7. The first-order chi connectivity index (χ1) is 11.8. The summed E-state index contributed by atoms with van der Waals surface area (Å²) in [6.07, 6.45) is 5.30. The third-order valence-electron chi connectivity index (χ3n) is 4.21. The predicted octanol–water partition coefficient (Wildman–Crippen LogP) is 0.694. The van der Waals surface area contributed by atoms with Crippen molar-refractivity contribution in [1.29, 1.82) is 0 Å². The van der Waals surface area contributed by atoms with E-state index >= 15 is 0 Å². The summed E-state index contributed by atoms with van der Waals surface area (Å²) in [7, 11) is -2.51. The van der Waals surface area contributed by atoms with Crippen LogP contribution in [0, 0.1) is 0 Å². The number of ether oxygens (including phenoxy) is 1. The average molecular weight is 369 g/mol. The second-order valence-electron chi connectivity index (χ2n) is 6.01. The van der Waals surface area contributed by atoms with Gasteiger partial charge in [-0.15, -0.1) is 0 Å². The zero-order chi connectivity index (χ0) is 18.5. The quantitative estimate of drug-likeness (QED) is 0.709. The summed E-state index contributed by atoms with van der Waals surface area (Å²) in [6, 6.07) is 2.92. The number of likely N-dealkylation sites (N-methyl/N-ethyl adjacent to an activating group) is 1. The Balaban J connectivity index is 2.07. The first-order valence-corrected chi connectivity index (χ1v) is 9.60. The lowest BCUT2D eigenvalue weighted by atomic mass is 9.97. The Morgan fingerprint density at radius 3 is 2.60 bits per heavy atom. The summed E-state index contributed by atoms with van der Waals surface area (Å²) < 4.78 is 30.9. The van der Waals surface area contributed by atoms with Crippen LogP contribution in [0.4, 0.5) is 0 Å². The number of hydrogen-bond donors (Lipinski definition) is 1. The Morgan fingerprint density at radius 1 is 1.36 bits per heavy atom. The largest absolute Gasteiger partial charge is 0.464 e. The third-order valence-corrected chi connectivity index (χ3v) is 6.00. The van der Waals surface area contributed by atoms with Crippen molar-refractivity contribution in [2.45, 2.75) is 43.0 Å². The second-order valence-corrected chi connectivity index (χ2v) is 8.05. The summed E-state index contributed by atoms with van der Waals surface area (Å²) in [4.78, 5) is 28.4. The van der Waals surface area contributed by atoms with Crippen molar-refractivity contribution in [3.05, 3.63) is 24.5 Å². The summed E-state index contributed by atoms with van der Waals surface area (Å²) >= 11 is 0. The number of nitrogens with zero attached hydrogens (tertiary/aromatic N) is 2. The van der Waals surface area contributed by atoms with Gasteiger partial charge in [0.05, 0.1) is 13.2 Å². The second kappa shape index (κ2) is 7.92. The van der Waals surface area contributed by atoms with E-state index in [-0.39, 0.29) is 11.5 Å². The Morgan fingerprint density at radius 2 is 2.04 bits per heavy atom. The summed E-state index contributed by atoms with van der Waals surface area (Å²) in [5.74, 6) is -0.997. The van der Waals surface area contributed by atoms with E-state index in [4.69, 9.17) is 4.74 Å². The molecule has 1 amide bonds. The van der Waals surface area contributed by atoms with Crippen LogP contribution in [-0.4, -0.2) is 55.3 Å². The molecule has 1 saturated carbocycles. The van der Waals surface area contributed by atoms with E-state index < -0.39 is 34.0 Å². The number of hydrogen-bond acceptors (Lipinski definition) is 6. The fourth-order valence-electron chi connectivity index (χ4n) is 2.90. The van der Waals surface area contributed by atoms with Crippen molar-refractivity contribution in [3.63, 3.8) is 0 Å². The number of nitrogens with one attached hydrogen (secondary N) is 1. The maximum Gasteiger partial charge on any atom is 0.331 e. The SMILES string of the molecule is CCOC(=O)C1(NC(=O)CN(C)S(=O)(=O)c2cccnc2)CCCC1. The van der Waals surface area contributed by atoms with Gasteiger partial charge in [0.15, 0.2) is 0 Å². The van der Waals surface area contributed by atoms with Gasteiger partial charge in [-0.25, -0.2) is 13.2 Å². The van der Waals surface area contributed by atoms with Crippen LogP contribution in [0.5, 0.6) is 0 Å². The van der Waals surface area contributed by atoms with E-state index in [1.165, 1.54) is 31.6 Å². The van der Waals surface area contributed by atoms with E-state index in [1.54, 1.807) is 6.92 Å². The number of amides is 1. The van der Waals surface area contributed by atoms with Crippen molar-refractivity contribution < 1.29 is 22.7 Å². The zero-order valence-corrected chi connectivity index (χ0v) is 15.2. The highest BCUT2D eigenvalue weighted by Crippen LogP contribution is 2.31. The molecule has 9 heteroatoms. The molecule has 0 radical (unpaired) electrons. The van der Waals surface area contributed by atoms with Crippen LogP contribution in [-0.2, 0) is 24.3 Å². The van der Waals surface area contributed by atoms with Crippen LogP contribution in [0.15, 0.2) is 29.4 Å². The molecule has 0 saturated heterocycles. The summed E-state index contributed by atoms with van der Waals surface area (Å²) in [5.41, 5.74) is -1.05. The van der Waals surface area contributed by atoms with Gasteiger partial charge in [0, 0.05) is 19.4 Å². The van der Waals surface area contributed by atoms with Gasteiger partial charge in [0.1, 0.15) is 10.4 Å². The van der Waals surface area contributed by atoms with Crippen molar-refractivity contribution in [2.24, 2.45) is 0 Å². The van der Waals surface area contributed by atoms with Gasteiger partial charge >= 0.3 is 5.97 Å². The van der Waals surface area contributed by atoms with Crippen LogP contribution in [0.25, 0.3) is 0 Å². The first-order valence-electron chi connectivity index (χ1n) is 8.16. The van der Waals surface area contributed by atoms with Gasteiger partial charge in [0.25, 0.3) is 0 Å². The molecule has 2 rings (SSSR count). The molecule has 0 atom stereocenters. The van der Waals surface area contributed by atoms with Gasteiger partial charge in [-0.3, -0.25) is 9.78 Å². The molecule has 25 heavy (non-hydrogen) atoms. The molecule has 0 unspecified atom stereocenters. The average Bonchev–Trinajstić information content (AvgIpc) is 3.05. The van der Waals surface area contributed by atoms with Crippen LogP contribution < -0.4 is 5.32 Å². The fraction of sp³-hybridized carbons (Fsp3) is 0.562. The van der Waals surface area contributed by atoms with Crippen molar-refractivity contribution in [1.82, 2.24) is 14.6 Å². The zero-order valence-electron chi connectivity index (χ0n) is 14.4. The minimum Gasteiger partial charge on any atom is -0.464 e. The lowest BCUT2D eigenvalue weighted by molar-refractivity contribution is -0.153. The van der Waals surface area contributed by atoms with E-state index in [0.29, 0.717) is 12.8 Å². The molecule has 0 aromatic carbocycles. The van der Waals surface area contributed by atoms with Gasteiger partial charge in [-0.2, -0.15) is 4.31 Å². The Kier molecular flexibility index (Phi) is 6.12. The predicted molar refractivity (Wildman–Crippen MR) is 90.0 cm³/mol. The molecule has 8 nitrogen and oxygen atoms in total. The molecular weight excluding hydrogens is 346 g/mol. The van der Waals surface area contributed by atoms with Crippen LogP contribution in [0.1, 0.15) is 32.6 Å². The Labute approximate surface area is 147 Å². The van der Waals surface area contributed by atoms with Crippen molar-refractivity contribution in [2.75, 3.05) is 20.2 Å². The molecule has 138 valence electrons. The van der Waals surface area contributed by atoms with Gasteiger partial charge in [0.2, 0.25) is 15.9 Å². The third kappa shape index (κ3) is 4.35. The molecule has 1 aromatic heterocycles. The lowest BCUT2D eigenvalue weighted by Crippen LogP contribution is -2.55. The highest BCUT2D eigenvalue weighted by Gasteiger charge is 2.44. The molecule has 0 aliphatic heterocycles. The van der Waals surface area contributed by atoms with Gasteiger partial charge in [-0.05, 0) is 31.9 Å². The number of carbonyl (C=O) groups excluding carboxylic acids is 2. The smallest absolute Gasteiger partial charge is 0.331 e. The molecule has 1 aliphatic carbocycles. The van der Waals surface area contributed by atoms with E-state index in [0.717, 1.165) is 17.1 Å². The molecule has 1 N–H and O–H groups in total. The topological polar surface area (TPSA) is 106 Å². The van der Waals surface area contributed by atoms with Crippen LogP contribution >= 0.6 is 0 Å². The molecular formula is C16H23N3O5S. The number of carbonyl (C=O) groups is 2. The summed E-state index contributed by atoms with van der Waals surface area (Å²) in [6.45, 7) is 1.54. The number of pyridine rings is 1. The van der Waals surface area contributed by atoms with Crippen molar-refractivity contribution in [3.8, 4) is 0 Å². The normalized spacial score (nSPS) is 16.6. The highest BCUT2D eigenvalue weighted by atomic mass is 32.2. The molecule has 1 aromatic rings. The summed E-state index contributed by atoms with van der Waals surface area (Å²) in [5, 5.41) is 2.70. The van der Waals surface area contributed by atoms with Crippen LogP contribution in [0.3, 0.4) is 0 Å². The molecule has 1 fully saturated rings. The Hall–Kier alpha value is -2.00.